The van der Waals surface area contributed by atoms with Crippen LogP contribution in [-0.4, -0.2) is 95.4 Å². The number of nitrogens with zero attached hydrogens (tertiary/aromatic N) is 5. The highest BCUT2D eigenvalue weighted by molar-refractivity contribution is 5.96. The minimum atomic E-state index is -0.297. The van der Waals surface area contributed by atoms with Crippen molar-refractivity contribution in [3.8, 4) is 11.1 Å². The molecule has 3 fully saturated rings. The molecule has 0 unspecified atom stereocenters. The van der Waals surface area contributed by atoms with E-state index < -0.39 is 0 Å². The number of carbonyl (C=O) groups is 2. The SMILES string of the molecule is CN(C)C1CN(C(=O)c2cccc(CN3C(=O)N(c4ccc(-c5cn[nH]c5)cc4)CC34CCOCC4)c2)C1. The van der Waals surface area contributed by atoms with Crippen molar-refractivity contribution in [2.24, 2.45) is 0 Å². The zero-order valence-electron chi connectivity index (χ0n) is 22.0. The van der Waals surface area contributed by atoms with Gasteiger partial charge in [0.25, 0.3) is 5.91 Å². The van der Waals surface area contributed by atoms with Crippen LogP contribution in [0, 0.1) is 0 Å². The zero-order chi connectivity index (χ0) is 26.3. The van der Waals surface area contributed by atoms with Gasteiger partial charge in [0.2, 0.25) is 0 Å². The second-order valence-corrected chi connectivity index (χ2v) is 10.9. The number of urea groups is 1. The van der Waals surface area contributed by atoms with E-state index in [4.69, 9.17) is 4.74 Å². The van der Waals surface area contributed by atoms with Crippen molar-refractivity contribution >= 4 is 17.6 Å². The van der Waals surface area contributed by atoms with E-state index in [1.54, 1.807) is 6.20 Å². The van der Waals surface area contributed by atoms with Gasteiger partial charge in [-0.05, 0) is 62.3 Å². The van der Waals surface area contributed by atoms with E-state index in [9.17, 15) is 9.59 Å². The molecule has 0 bridgehead atoms. The molecule has 198 valence electrons. The lowest BCUT2D eigenvalue weighted by atomic mass is 9.88. The van der Waals surface area contributed by atoms with Gasteiger partial charge >= 0.3 is 6.03 Å². The first kappa shape index (κ1) is 24.6. The second kappa shape index (κ2) is 9.89. The van der Waals surface area contributed by atoms with Crippen molar-refractivity contribution in [1.82, 2.24) is 24.9 Å². The third-order valence-corrected chi connectivity index (χ3v) is 8.32. The Morgan fingerprint density at radius 2 is 1.87 bits per heavy atom. The van der Waals surface area contributed by atoms with Gasteiger partial charge in [-0.25, -0.2) is 4.79 Å². The van der Waals surface area contributed by atoms with Gasteiger partial charge in [0.15, 0.2) is 0 Å². The number of rotatable bonds is 6. The first-order valence-corrected chi connectivity index (χ1v) is 13.2. The molecular formula is C29H34N6O3. The molecule has 3 amide bonds. The van der Waals surface area contributed by atoms with E-state index in [-0.39, 0.29) is 17.5 Å². The Morgan fingerprint density at radius 1 is 1.11 bits per heavy atom. The number of amides is 3. The van der Waals surface area contributed by atoms with Crippen LogP contribution in [0.2, 0.25) is 0 Å². The van der Waals surface area contributed by atoms with Crippen LogP contribution in [-0.2, 0) is 11.3 Å². The van der Waals surface area contributed by atoms with Crippen molar-refractivity contribution in [3.05, 3.63) is 72.1 Å². The van der Waals surface area contributed by atoms with Crippen molar-refractivity contribution in [1.29, 1.82) is 0 Å². The Bertz CT molecular complexity index is 1290. The summed E-state index contributed by atoms with van der Waals surface area (Å²) in [5.74, 6) is 0.0535. The van der Waals surface area contributed by atoms with Crippen molar-refractivity contribution in [2.45, 2.75) is 31.0 Å². The third kappa shape index (κ3) is 4.46. The molecule has 2 aromatic carbocycles. The summed E-state index contributed by atoms with van der Waals surface area (Å²) < 4.78 is 5.69. The lowest BCUT2D eigenvalue weighted by Crippen LogP contribution is -2.59. The number of benzene rings is 2. The summed E-state index contributed by atoms with van der Waals surface area (Å²) in [5, 5.41) is 6.87. The van der Waals surface area contributed by atoms with Gasteiger partial charge in [-0.3, -0.25) is 14.8 Å². The summed E-state index contributed by atoms with van der Waals surface area (Å²) in [6.45, 7) is 3.86. The van der Waals surface area contributed by atoms with E-state index in [1.807, 2.05) is 83.5 Å². The molecule has 3 saturated heterocycles. The van der Waals surface area contributed by atoms with E-state index in [0.29, 0.717) is 37.9 Å². The standard InChI is InChI=1S/C29H34N6O3/c1-32(2)26-18-33(19-26)27(36)23-5-3-4-21(14-23)17-35-28(37)34(20-29(35)10-12-38-13-11-29)25-8-6-22(7-9-25)24-15-30-31-16-24/h3-9,14-16,26H,10-13,17-20H2,1-2H3,(H,30,31). The van der Waals surface area contributed by atoms with Crippen LogP contribution < -0.4 is 4.90 Å². The normalized spacial score (nSPS) is 19.4. The van der Waals surface area contributed by atoms with Crippen LogP contribution in [0.25, 0.3) is 11.1 Å². The fourth-order valence-corrected chi connectivity index (χ4v) is 5.77. The first-order chi connectivity index (χ1) is 18.4. The second-order valence-electron chi connectivity index (χ2n) is 10.9. The van der Waals surface area contributed by atoms with Gasteiger partial charge in [-0.2, -0.15) is 5.10 Å². The summed E-state index contributed by atoms with van der Waals surface area (Å²) in [6, 6.07) is 16.2. The number of ether oxygens (including phenoxy) is 1. The van der Waals surface area contributed by atoms with Gasteiger partial charge in [0, 0.05) is 61.9 Å². The number of hydrogen-bond acceptors (Lipinski definition) is 5. The molecule has 9 heteroatoms. The lowest BCUT2D eigenvalue weighted by molar-refractivity contribution is 0.00611. The maximum atomic E-state index is 13.9. The summed E-state index contributed by atoms with van der Waals surface area (Å²) in [4.78, 5) is 34.9. The number of anilines is 1. The molecule has 1 aromatic heterocycles. The zero-order valence-corrected chi connectivity index (χ0v) is 22.0. The van der Waals surface area contributed by atoms with Crippen LogP contribution in [0.1, 0.15) is 28.8 Å². The van der Waals surface area contributed by atoms with Crippen molar-refractivity contribution < 1.29 is 14.3 Å². The molecule has 0 atom stereocenters. The highest BCUT2D eigenvalue weighted by atomic mass is 16.5. The average molecular weight is 515 g/mol. The number of H-pyrrole nitrogens is 1. The average Bonchev–Trinajstić information content (AvgIpc) is 3.52. The molecule has 4 heterocycles. The highest BCUT2D eigenvalue weighted by Crippen LogP contribution is 2.39. The molecule has 3 aliphatic heterocycles. The minimum Gasteiger partial charge on any atom is -0.381 e. The number of likely N-dealkylation sites (N-methyl/N-ethyl adjacent to an activating group) is 1. The predicted octanol–water partition coefficient (Wildman–Crippen LogP) is 3.45. The topological polar surface area (TPSA) is 85.0 Å². The van der Waals surface area contributed by atoms with Crippen LogP contribution in [0.4, 0.5) is 10.5 Å². The number of nitrogens with one attached hydrogen (secondary N) is 1. The molecule has 3 aliphatic rings. The molecule has 1 spiro atoms. The third-order valence-electron chi connectivity index (χ3n) is 8.32. The van der Waals surface area contributed by atoms with E-state index in [1.165, 1.54) is 0 Å². The maximum absolute atomic E-state index is 13.9. The van der Waals surface area contributed by atoms with Gasteiger partial charge in [-0.1, -0.05) is 24.3 Å². The van der Waals surface area contributed by atoms with Crippen LogP contribution in [0.15, 0.2) is 60.9 Å². The van der Waals surface area contributed by atoms with Crippen LogP contribution >= 0.6 is 0 Å². The minimum absolute atomic E-state index is 0.00346. The number of hydrogen-bond donors (Lipinski definition) is 1. The Balaban J connectivity index is 1.22. The number of carbonyl (C=O) groups excluding carboxylic acids is 2. The summed E-state index contributed by atoms with van der Waals surface area (Å²) in [6.07, 6.45) is 5.23. The highest BCUT2D eigenvalue weighted by Gasteiger charge is 2.50. The fourth-order valence-electron chi connectivity index (χ4n) is 5.77. The van der Waals surface area contributed by atoms with Gasteiger partial charge in [-0.15, -0.1) is 0 Å². The molecule has 0 aliphatic carbocycles. The Labute approximate surface area is 223 Å². The summed E-state index contributed by atoms with van der Waals surface area (Å²) >= 11 is 0. The molecule has 3 aromatic rings. The molecule has 38 heavy (non-hydrogen) atoms. The van der Waals surface area contributed by atoms with Gasteiger partial charge < -0.3 is 19.4 Å². The van der Waals surface area contributed by atoms with Crippen molar-refractivity contribution in [3.63, 3.8) is 0 Å². The van der Waals surface area contributed by atoms with Crippen molar-refractivity contribution in [2.75, 3.05) is 51.8 Å². The molecule has 0 radical (unpaired) electrons. The Kier molecular flexibility index (Phi) is 6.41. The molecule has 6 rings (SSSR count). The fraction of sp³-hybridized carbons (Fsp3) is 0.414. The maximum Gasteiger partial charge on any atom is 0.325 e. The molecule has 0 saturated carbocycles. The quantitative estimate of drug-likeness (QED) is 0.545. The largest absolute Gasteiger partial charge is 0.381 e. The van der Waals surface area contributed by atoms with Gasteiger partial charge in [0.1, 0.15) is 0 Å². The van der Waals surface area contributed by atoms with Crippen LogP contribution in [0.5, 0.6) is 0 Å². The Morgan fingerprint density at radius 3 is 2.55 bits per heavy atom. The first-order valence-electron chi connectivity index (χ1n) is 13.2. The van der Waals surface area contributed by atoms with E-state index in [2.05, 4.69) is 15.1 Å². The number of likely N-dealkylation sites (tertiary alicyclic amines) is 1. The summed E-state index contributed by atoms with van der Waals surface area (Å²) in [7, 11) is 4.09. The van der Waals surface area contributed by atoms with E-state index >= 15 is 0 Å². The van der Waals surface area contributed by atoms with Crippen LogP contribution in [0.3, 0.4) is 0 Å². The lowest BCUT2D eigenvalue weighted by Gasteiger charge is -2.42. The molecular weight excluding hydrogens is 480 g/mol. The number of aromatic amines is 1. The Hall–Kier alpha value is -3.69. The smallest absolute Gasteiger partial charge is 0.325 e. The predicted molar refractivity (Wildman–Crippen MR) is 145 cm³/mol. The molecule has 1 N–H and O–H groups in total. The molecule has 9 nitrogen and oxygen atoms in total. The monoisotopic (exact) mass is 514 g/mol. The summed E-state index contributed by atoms with van der Waals surface area (Å²) in [5.41, 5.74) is 4.29. The number of aromatic nitrogens is 2. The van der Waals surface area contributed by atoms with E-state index in [0.717, 1.165) is 48.3 Å². The van der Waals surface area contributed by atoms with Gasteiger partial charge in [0.05, 0.1) is 18.3 Å².